The fourth-order valence-electron chi connectivity index (χ4n) is 5.05. The number of benzene rings is 1. The number of pyridine rings is 3. The van der Waals surface area contributed by atoms with E-state index in [4.69, 9.17) is 4.74 Å². The van der Waals surface area contributed by atoms with Gasteiger partial charge in [-0.2, -0.15) is 0 Å². The molecule has 0 spiro atoms. The summed E-state index contributed by atoms with van der Waals surface area (Å²) < 4.78 is 36.8. The first-order valence-corrected chi connectivity index (χ1v) is 11.8. The Morgan fingerprint density at radius 3 is 2.68 bits per heavy atom. The van der Waals surface area contributed by atoms with Crippen LogP contribution in [0.2, 0.25) is 0 Å². The molecule has 0 saturated heterocycles. The van der Waals surface area contributed by atoms with Crippen molar-refractivity contribution in [2.24, 2.45) is 7.05 Å². The van der Waals surface area contributed by atoms with Crippen molar-refractivity contribution < 1.29 is 23.4 Å². The lowest BCUT2D eigenvalue weighted by Crippen LogP contribution is -2.24. The first-order valence-electron chi connectivity index (χ1n) is 11.8. The predicted octanol–water partition coefficient (Wildman–Crippen LogP) is 3.67. The van der Waals surface area contributed by atoms with Crippen molar-refractivity contribution in [2.75, 3.05) is 44.6 Å². The summed E-state index contributed by atoms with van der Waals surface area (Å²) in [7, 11) is 6.63. The lowest BCUT2D eigenvalue weighted by atomic mass is 9.97. The molecule has 1 aromatic carbocycles. The normalized spacial score (nSPS) is 11.9. The minimum absolute atomic E-state index is 0.117. The molecule has 5 rings (SSSR count). The van der Waals surface area contributed by atoms with Gasteiger partial charge in [-0.15, -0.1) is 0 Å². The summed E-state index contributed by atoms with van der Waals surface area (Å²) in [6, 6.07) is 2.70. The van der Waals surface area contributed by atoms with Crippen LogP contribution in [0.15, 0.2) is 35.5 Å². The van der Waals surface area contributed by atoms with E-state index >= 15 is 4.39 Å². The number of halogens is 2. The standard InChI is InChI=1S/C27H25F2N5O4/c1-30-19-9-18(28)23(29)21-14(19)8-20-22(21)24(33(2)5-6-38-4)16(11-31-20)13-7-15-25(35)17(27(36)37)12-34(3)26(15)32-10-13/h7,9-12,30H,5-6,8H2,1-4H3,(H,36,37). The Morgan fingerprint density at radius 1 is 1.24 bits per heavy atom. The average molecular weight is 522 g/mol. The Hall–Kier alpha value is -4.38. The van der Waals surface area contributed by atoms with Gasteiger partial charge in [0.1, 0.15) is 11.2 Å². The highest BCUT2D eigenvalue weighted by Gasteiger charge is 2.33. The predicted molar refractivity (Wildman–Crippen MR) is 140 cm³/mol. The summed E-state index contributed by atoms with van der Waals surface area (Å²) in [6.45, 7) is 0.794. The number of anilines is 2. The van der Waals surface area contributed by atoms with Gasteiger partial charge in [-0.25, -0.2) is 18.6 Å². The van der Waals surface area contributed by atoms with Crippen molar-refractivity contribution in [2.45, 2.75) is 6.42 Å². The molecular formula is C27H25F2N5O4. The van der Waals surface area contributed by atoms with E-state index in [0.717, 1.165) is 6.07 Å². The van der Waals surface area contributed by atoms with Gasteiger partial charge in [0.2, 0.25) is 5.43 Å². The van der Waals surface area contributed by atoms with Crippen molar-refractivity contribution in [3.8, 4) is 22.3 Å². The van der Waals surface area contributed by atoms with Gasteiger partial charge in [-0.3, -0.25) is 9.78 Å². The lowest BCUT2D eigenvalue weighted by Gasteiger charge is -2.26. The summed E-state index contributed by atoms with van der Waals surface area (Å²) in [5.74, 6) is -3.28. The molecule has 0 radical (unpaired) electrons. The molecule has 0 bridgehead atoms. The van der Waals surface area contributed by atoms with E-state index in [1.807, 2.05) is 11.9 Å². The van der Waals surface area contributed by atoms with Crippen LogP contribution >= 0.6 is 0 Å². The summed E-state index contributed by atoms with van der Waals surface area (Å²) >= 11 is 0. The Bertz CT molecular complexity index is 1690. The number of carboxylic acid groups (broad SMARTS) is 1. The molecule has 4 aromatic rings. The third kappa shape index (κ3) is 3.86. The molecule has 2 N–H and O–H groups in total. The van der Waals surface area contributed by atoms with Gasteiger partial charge in [-0.05, 0) is 11.6 Å². The van der Waals surface area contributed by atoms with Gasteiger partial charge in [-0.1, -0.05) is 0 Å². The maximum atomic E-state index is 15.4. The number of hydrogen-bond acceptors (Lipinski definition) is 7. The van der Waals surface area contributed by atoms with Crippen molar-refractivity contribution in [1.29, 1.82) is 0 Å². The zero-order valence-electron chi connectivity index (χ0n) is 21.2. The van der Waals surface area contributed by atoms with Crippen LogP contribution in [-0.4, -0.2) is 60.0 Å². The Balaban J connectivity index is 1.82. The number of carbonyl (C=O) groups is 1. The van der Waals surface area contributed by atoms with Crippen LogP contribution in [0.1, 0.15) is 21.6 Å². The van der Waals surface area contributed by atoms with Crippen molar-refractivity contribution in [1.82, 2.24) is 14.5 Å². The fraction of sp³-hybridized carbons (Fsp3) is 0.259. The van der Waals surface area contributed by atoms with Gasteiger partial charge in [0.05, 0.1) is 23.4 Å². The molecule has 1 aliphatic rings. The highest BCUT2D eigenvalue weighted by molar-refractivity contribution is 5.98. The second-order valence-electron chi connectivity index (χ2n) is 9.14. The van der Waals surface area contributed by atoms with Crippen LogP contribution in [-0.2, 0) is 18.2 Å². The summed E-state index contributed by atoms with van der Waals surface area (Å²) in [6.07, 6.45) is 4.71. The molecule has 9 nitrogen and oxygen atoms in total. The van der Waals surface area contributed by atoms with Crippen molar-refractivity contribution >= 4 is 28.4 Å². The van der Waals surface area contributed by atoms with E-state index in [2.05, 4.69) is 15.3 Å². The van der Waals surface area contributed by atoms with E-state index in [9.17, 15) is 19.1 Å². The number of methoxy groups -OCH3 is 1. The van der Waals surface area contributed by atoms with Gasteiger partial charge >= 0.3 is 5.97 Å². The zero-order valence-corrected chi connectivity index (χ0v) is 21.2. The van der Waals surface area contributed by atoms with Crippen LogP contribution in [0, 0.1) is 11.6 Å². The third-order valence-corrected chi connectivity index (χ3v) is 6.89. The number of likely N-dealkylation sites (N-methyl/N-ethyl adjacent to an activating group) is 1. The molecule has 11 heteroatoms. The van der Waals surface area contributed by atoms with Crippen LogP contribution in [0.4, 0.5) is 20.2 Å². The molecule has 38 heavy (non-hydrogen) atoms. The van der Waals surface area contributed by atoms with Gasteiger partial charge in [0.15, 0.2) is 11.6 Å². The lowest BCUT2D eigenvalue weighted by molar-refractivity contribution is 0.0695. The van der Waals surface area contributed by atoms with Gasteiger partial charge in [0.25, 0.3) is 0 Å². The van der Waals surface area contributed by atoms with Crippen LogP contribution in [0.25, 0.3) is 33.3 Å². The number of aromatic carboxylic acids is 1. The Morgan fingerprint density at radius 2 is 2.00 bits per heavy atom. The molecule has 196 valence electrons. The molecule has 0 saturated carbocycles. The summed E-state index contributed by atoms with van der Waals surface area (Å²) in [4.78, 5) is 35.5. The van der Waals surface area contributed by atoms with E-state index in [1.54, 1.807) is 39.7 Å². The third-order valence-electron chi connectivity index (χ3n) is 6.89. The van der Waals surface area contributed by atoms with E-state index in [0.29, 0.717) is 64.5 Å². The first-order chi connectivity index (χ1) is 18.2. The minimum Gasteiger partial charge on any atom is -0.477 e. The number of rotatable bonds is 7. The fourth-order valence-corrected chi connectivity index (χ4v) is 5.05. The maximum Gasteiger partial charge on any atom is 0.341 e. The maximum absolute atomic E-state index is 15.4. The smallest absolute Gasteiger partial charge is 0.341 e. The van der Waals surface area contributed by atoms with E-state index < -0.39 is 23.0 Å². The summed E-state index contributed by atoms with van der Waals surface area (Å²) in [5, 5.41) is 12.6. The number of fused-ring (bicyclic) bond motifs is 4. The molecule has 3 aromatic heterocycles. The Labute approximate surface area is 216 Å². The summed E-state index contributed by atoms with van der Waals surface area (Å²) in [5.41, 5.74) is 3.09. The van der Waals surface area contributed by atoms with Crippen LogP contribution < -0.4 is 15.6 Å². The van der Waals surface area contributed by atoms with Crippen LogP contribution in [0.5, 0.6) is 0 Å². The SMILES string of the molecule is CNc1cc(F)c(F)c2c1Cc1ncc(-c3cnc4c(c3)c(=O)c(C(=O)O)cn4C)c(N(C)CCOC)c1-2. The molecule has 1 aliphatic carbocycles. The van der Waals surface area contributed by atoms with E-state index in [-0.39, 0.29) is 16.5 Å². The van der Waals surface area contributed by atoms with Crippen molar-refractivity contribution in [3.63, 3.8) is 0 Å². The number of ether oxygens (including phenoxy) is 1. The molecule has 0 atom stereocenters. The largest absolute Gasteiger partial charge is 0.477 e. The highest BCUT2D eigenvalue weighted by atomic mass is 19.2. The molecular weight excluding hydrogens is 496 g/mol. The molecule has 3 heterocycles. The second-order valence-corrected chi connectivity index (χ2v) is 9.14. The number of aromatic nitrogens is 3. The Kier molecular flexibility index (Phi) is 6.31. The topological polar surface area (TPSA) is 110 Å². The molecule has 0 fully saturated rings. The molecule has 0 amide bonds. The van der Waals surface area contributed by atoms with E-state index in [1.165, 1.54) is 10.8 Å². The quantitative estimate of drug-likeness (QED) is 0.334. The molecule has 0 aliphatic heterocycles. The second kappa shape index (κ2) is 9.49. The zero-order chi connectivity index (χ0) is 27.3. The number of aryl methyl sites for hydroxylation is 1. The number of hydrogen-bond donors (Lipinski definition) is 2. The highest BCUT2D eigenvalue weighted by Crippen LogP contribution is 2.49. The number of nitrogens with one attached hydrogen (secondary N) is 1. The van der Waals surface area contributed by atoms with Crippen LogP contribution in [0.3, 0.4) is 0 Å². The van der Waals surface area contributed by atoms with Gasteiger partial charge in [0, 0.05) is 93.8 Å². The monoisotopic (exact) mass is 521 g/mol. The first kappa shape index (κ1) is 25.3. The molecule has 0 unspecified atom stereocenters. The number of nitrogens with zero attached hydrogens (tertiary/aromatic N) is 4. The average Bonchev–Trinajstić information content (AvgIpc) is 3.30. The van der Waals surface area contributed by atoms with Gasteiger partial charge < -0.3 is 24.6 Å². The minimum atomic E-state index is -1.34. The number of carboxylic acids is 1. The van der Waals surface area contributed by atoms with Crippen molar-refractivity contribution in [3.05, 3.63) is 69.4 Å².